The van der Waals surface area contributed by atoms with Gasteiger partial charge in [-0.05, 0) is 79.9 Å². The Labute approximate surface area is 238 Å². The van der Waals surface area contributed by atoms with Crippen LogP contribution in [-0.4, -0.2) is 44.6 Å². The van der Waals surface area contributed by atoms with Crippen molar-refractivity contribution >= 4 is 50.8 Å². The second-order valence-corrected chi connectivity index (χ2v) is 10.7. The molecule has 3 heterocycles. The van der Waals surface area contributed by atoms with Gasteiger partial charge in [0.15, 0.2) is 5.17 Å². The van der Waals surface area contributed by atoms with Crippen molar-refractivity contribution in [3.63, 3.8) is 0 Å². The molecular weight excluding hydrogens is 549 g/mol. The summed E-state index contributed by atoms with van der Waals surface area (Å²) < 4.78 is 43.3. The van der Waals surface area contributed by atoms with E-state index in [9.17, 15) is 13.2 Å². The minimum absolute atomic E-state index is 0.278. The first-order chi connectivity index (χ1) is 19.8. The van der Waals surface area contributed by atoms with Crippen molar-refractivity contribution in [3.8, 4) is 11.4 Å². The van der Waals surface area contributed by atoms with Gasteiger partial charge in [-0.3, -0.25) is 4.57 Å². The smallest absolute Gasteiger partial charge is 0.406 e. The van der Waals surface area contributed by atoms with E-state index >= 15 is 0 Å². The average molecular weight is 575 g/mol. The highest BCUT2D eigenvalue weighted by Crippen LogP contribution is 2.31. The second-order valence-electron chi connectivity index (χ2n) is 9.61. The number of halogens is 3. The summed E-state index contributed by atoms with van der Waals surface area (Å²) in [5.41, 5.74) is 7.22. The highest BCUT2D eigenvalue weighted by molar-refractivity contribution is 8.14. The minimum atomic E-state index is -4.73. The summed E-state index contributed by atoms with van der Waals surface area (Å²) in [6.07, 6.45) is -0.368. The molecule has 1 saturated heterocycles. The van der Waals surface area contributed by atoms with Gasteiger partial charge in [0, 0.05) is 29.1 Å². The Kier molecular flexibility index (Phi) is 7.12. The number of thioether (sulfide) groups is 1. The van der Waals surface area contributed by atoms with E-state index in [0.29, 0.717) is 11.4 Å². The zero-order chi connectivity index (χ0) is 28.6. The normalized spacial score (nSPS) is 15.4. The van der Waals surface area contributed by atoms with E-state index in [1.54, 1.807) is 41.0 Å². The van der Waals surface area contributed by atoms with Crippen LogP contribution < -0.4 is 9.64 Å². The molecule has 0 unspecified atom stereocenters. The molecule has 1 fully saturated rings. The predicted octanol–water partition coefficient (Wildman–Crippen LogP) is 7.42. The lowest BCUT2D eigenvalue weighted by molar-refractivity contribution is -0.274. The molecule has 0 radical (unpaired) electrons. The first kappa shape index (κ1) is 26.8. The van der Waals surface area contributed by atoms with Gasteiger partial charge in [0.2, 0.25) is 0 Å². The minimum Gasteiger partial charge on any atom is -0.406 e. The van der Waals surface area contributed by atoms with Crippen LogP contribution in [0.25, 0.3) is 27.6 Å². The summed E-state index contributed by atoms with van der Waals surface area (Å²) in [5.74, 6) is 0.720. The summed E-state index contributed by atoms with van der Waals surface area (Å²) in [5, 5.41) is 10.7. The van der Waals surface area contributed by atoms with Gasteiger partial charge in [0.25, 0.3) is 0 Å². The molecule has 2 aromatic heterocycles. The summed E-state index contributed by atoms with van der Waals surface area (Å²) in [7, 11) is 0. The maximum Gasteiger partial charge on any atom is 0.573 e. The Morgan fingerprint density at radius 1 is 0.976 bits per heavy atom. The Morgan fingerprint density at radius 2 is 1.76 bits per heavy atom. The number of rotatable bonds is 5. The molecule has 6 rings (SSSR count). The van der Waals surface area contributed by atoms with Crippen molar-refractivity contribution < 1.29 is 17.9 Å². The molecular formula is C30H25F3N6OS. The molecule has 0 spiro atoms. The van der Waals surface area contributed by atoms with E-state index < -0.39 is 6.36 Å². The fourth-order valence-electron chi connectivity index (χ4n) is 5.01. The first-order valence-electron chi connectivity index (χ1n) is 13.0. The van der Waals surface area contributed by atoms with E-state index in [2.05, 4.69) is 56.9 Å². The SMILES string of the molecule is Cc1cccc(C)c1N1CCCS/C1=N/N=C/c1ccc2c(ccc3c2ncn3-c2ccc(OC(F)(F)F)cc2)n1. The lowest BCUT2D eigenvalue weighted by Gasteiger charge is -2.31. The van der Waals surface area contributed by atoms with E-state index in [4.69, 9.17) is 4.98 Å². The van der Waals surface area contributed by atoms with Crippen molar-refractivity contribution in [1.29, 1.82) is 0 Å². The molecule has 41 heavy (non-hydrogen) atoms. The molecule has 0 bridgehead atoms. The van der Waals surface area contributed by atoms with Crippen LogP contribution in [0.1, 0.15) is 23.2 Å². The number of fused-ring (bicyclic) bond motifs is 3. The fraction of sp³-hybridized carbons (Fsp3) is 0.200. The standard InChI is InChI=1S/C30H25F3N6OS/c1-19-5-3-6-20(2)28(19)38-15-4-16-41-29(38)37-35-17-21-7-12-24-25(36-21)13-14-26-27(24)34-18-39(26)22-8-10-23(11-9-22)40-30(31,32)33/h3,5-14,17-18H,4,15-16H2,1-2H3/b35-17+,37-29+. The molecule has 5 aromatic rings. The van der Waals surface area contributed by atoms with Crippen LogP contribution >= 0.6 is 11.8 Å². The van der Waals surface area contributed by atoms with Crippen molar-refractivity contribution in [3.05, 3.63) is 89.9 Å². The number of amidine groups is 1. The fourth-order valence-corrected chi connectivity index (χ4v) is 5.90. The van der Waals surface area contributed by atoms with E-state index in [1.165, 1.54) is 28.9 Å². The Balaban J connectivity index is 1.25. The number of alkyl halides is 3. The average Bonchev–Trinajstić information content (AvgIpc) is 3.38. The molecule has 7 nitrogen and oxygen atoms in total. The number of anilines is 1. The Bertz CT molecular complexity index is 1780. The van der Waals surface area contributed by atoms with Gasteiger partial charge >= 0.3 is 6.36 Å². The molecule has 0 aliphatic carbocycles. The first-order valence-corrected chi connectivity index (χ1v) is 14.0. The molecule has 1 aliphatic rings. The maximum absolute atomic E-state index is 12.5. The molecule has 11 heteroatoms. The Morgan fingerprint density at radius 3 is 2.51 bits per heavy atom. The Hall–Kier alpha value is -4.38. The van der Waals surface area contributed by atoms with Crippen LogP contribution in [0.4, 0.5) is 18.9 Å². The zero-order valence-electron chi connectivity index (χ0n) is 22.3. The quantitative estimate of drug-likeness (QED) is 0.161. The second kappa shape index (κ2) is 10.9. The van der Waals surface area contributed by atoms with Crippen LogP contribution in [0.3, 0.4) is 0 Å². The van der Waals surface area contributed by atoms with Crippen molar-refractivity contribution in [1.82, 2.24) is 14.5 Å². The zero-order valence-corrected chi connectivity index (χ0v) is 23.1. The monoisotopic (exact) mass is 574 g/mol. The summed E-state index contributed by atoms with van der Waals surface area (Å²) >= 11 is 1.70. The largest absolute Gasteiger partial charge is 0.573 e. The van der Waals surface area contributed by atoms with Gasteiger partial charge in [-0.25, -0.2) is 9.97 Å². The van der Waals surface area contributed by atoms with Gasteiger partial charge in [0.05, 0.1) is 28.5 Å². The van der Waals surface area contributed by atoms with Crippen LogP contribution in [0.5, 0.6) is 5.75 Å². The topological polar surface area (TPSA) is 67.9 Å². The maximum atomic E-state index is 12.5. The third-order valence-corrected chi connectivity index (χ3v) is 7.84. The van der Waals surface area contributed by atoms with E-state index in [0.717, 1.165) is 45.8 Å². The number of ether oxygens (including phenoxy) is 1. The lowest BCUT2D eigenvalue weighted by atomic mass is 10.1. The lowest BCUT2D eigenvalue weighted by Crippen LogP contribution is -2.35. The molecule has 0 atom stereocenters. The van der Waals surface area contributed by atoms with Gasteiger partial charge in [-0.2, -0.15) is 5.10 Å². The number of hydrogen-bond acceptors (Lipinski definition) is 6. The number of imidazole rings is 1. The molecule has 0 saturated carbocycles. The van der Waals surface area contributed by atoms with E-state index in [-0.39, 0.29) is 5.75 Å². The molecule has 208 valence electrons. The number of hydrogen-bond donors (Lipinski definition) is 0. The molecule has 1 aliphatic heterocycles. The van der Waals surface area contributed by atoms with Crippen LogP contribution in [0.15, 0.2) is 83.3 Å². The third-order valence-electron chi connectivity index (χ3n) is 6.78. The summed E-state index contributed by atoms with van der Waals surface area (Å²) in [6.45, 7) is 5.13. The summed E-state index contributed by atoms with van der Waals surface area (Å²) in [6, 6.07) is 19.5. The summed E-state index contributed by atoms with van der Waals surface area (Å²) in [4.78, 5) is 11.5. The number of benzene rings is 3. The number of aryl methyl sites for hydroxylation is 2. The molecule has 0 amide bonds. The van der Waals surface area contributed by atoms with Crippen molar-refractivity contribution in [2.24, 2.45) is 10.2 Å². The highest BCUT2D eigenvalue weighted by atomic mass is 32.2. The number of nitrogens with zero attached hydrogens (tertiary/aromatic N) is 6. The molecule has 0 N–H and O–H groups in total. The third kappa shape index (κ3) is 5.62. The number of pyridine rings is 1. The van der Waals surface area contributed by atoms with Crippen LogP contribution in [0, 0.1) is 13.8 Å². The van der Waals surface area contributed by atoms with Crippen LogP contribution in [0.2, 0.25) is 0 Å². The van der Waals surface area contributed by atoms with E-state index in [1.807, 2.05) is 24.3 Å². The van der Waals surface area contributed by atoms with Crippen molar-refractivity contribution in [2.45, 2.75) is 26.6 Å². The van der Waals surface area contributed by atoms with Crippen molar-refractivity contribution in [2.75, 3.05) is 17.2 Å². The van der Waals surface area contributed by atoms with Crippen LogP contribution in [-0.2, 0) is 0 Å². The number of aromatic nitrogens is 3. The predicted molar refractivity (Wildman–Crippen MR) is 158 cm³/mol. The highest BCUT2D eigenvalue weighted by Gasteiger charge is 2.31. The van der Waals surface area contributed by atoms with Gasteiger partial charge < -0.3 is 9.64 Å². The van der Waals surface area contributed by atoms with Gasteiger partial charge in [-0.15, -0.1) is 18.3 Å². The molecule has 3 aromatic carbocycles. The van der Waals surface area contributed by atoms with Gasteiger partial charge in [-0.1, -0.05) is 30.0 Å². The van der Waals surface area contributed by atoms with Gasteiger partial charge in [0.1, 0.15) is 12.1 Å². The number of para-hydroxylation sites is 1.